The molecule has 0 atom stereocenters. The van der Waals surface area contributed by atoms with Crippen LogP contribution in [-0.2, 0) is 47.9 Å². The molecular weight excluding hydrogens is 715 g/mol. The first-order valence-electron chi connectivity index (χ1n) is 18.4. The van der Waals surface area contributed by atoms with Crippen molar-refractivity contribution in [2.24, 2.45) is 23.2 Å². The Labute approximate surface area is 325 Å². The van der Waals surface area contributed by atoms with Crippen molar-refractivity contribution in [2.45, 2.75) is 131 Å². The van der Waals surface area contributed by atoms with Gasteiger partial charge in [0, 0.05) is 5.41 Å². The van der Waals surface area contributed by atoms with Crippen molar-refractivity contribution >= 4 is 14.4 Å². The summed E-state index contributed by atoms with van der Waals surface area (Å²) in [6, 6.07) is 14.6. The van der Waals surface area contributed by atoms with Gasteiger partial charge in [-0.2, -0.15) is 28.3 Å². The maximum absolute atomic E-state index is 3.65. The Hall–Kier alpha value is -1.40. The molecule has 4 saturated carbocycles. The minimum Gasteiger partial charge on any atom is -1.00 e. The van der Waals surface area contributed by atoms with E-state index >= 15 is 0 Å². The molecule has 0 nitrogen and oxygen atoms in total. The smallest absolute Gasteiger partial charge is 0.0363 e. The SMILES string of the molecule is CC1=[C-]C(C)(C)c2cc3c(cc21)-c1cc2c(cc1C3)C(C)(C)C=C2C.C[C](C)=[Zr+2].Cc1cc(CC23CC4CC(CC(C4)C2)C3)c(C)[cH-]1.[Cl-].[Cl-]. The van der Waals surface area contributed by atoms with Crippen LogP contribution in [0.15, 0.2) is 42.5 Å². The fourth-order valence-electron chi connectivity index (χ4n) is 11.2. The van der Waals surface area contributed by atoms with E-state index in [1.54, 1.807) is 73.9 Å². The average molecular weight is 771 g/mol. The molecule has 260 valence electrons. The molecule has 0 amide bonds. The number of allylic oxidation sites excluding steroid dienone is 4. The van der Waals surface area contributed by atoms with Crippen molar-refractivity contribution in [2.75, 3.05) is 0 Å². The van der Waals surface area contributed by atoms with Crippen LogP contribution in [0.4, 0.5) is 0 Å². The molecule has 7 aliphatic carbocycles. The van der Waals surface area contributed by atoms with Gasteiger partial charge in [0.2, 0.25) is 0 Å². The number of benzene rings is 2. The van der Waals surface area contributed by atoms with Crippen LogP contribution in [0.1, 0.15) is 144 Å². The molecule has 7 aliphatic rings. The van der Waals surface area contributed by atoms with E-state index in [1.807, 2.05) is 0 Å². The number of hydrogen-bond acceptors (Lipinski definition) is 0. The predicted octanol–water partition coefficient (Wildman–Crippen LogP) is 5.98. The third-order valence-corrected chi connectivity index (χ3v) is 12.5. The Morgan fingerprint density at radius 3 is 1.78 bits per heavy atom. The van der Waals surface area contributed by atoms with Gasteiger partial charge in [-0.05, 0) is 120 Å². The van der Waals surface area contributed by atoms with Crippen LogP contribution in [0.2, 0.25) is 0 Å². The number of hydrogen-bond donors (Lipinski definition) is 0. The molecule has 0 aromatic heterocycles. The second-order valence-electron chi connectivity index (χ2n) is 18.0. The fourth-order valence-corrected chi connectivity index (χ4v) is 11.2. The maximum Gasteiger partial charge on any atom is -0.0363 e. The van der Waals surface area contributed by atoms with E-state index < -0.39 is 0 Å². The molecule has 0 aliphatic heterocycles. The molecule has 3 aromatic carbocycles. The summed E-state index contributed by atoms with van der Waals surface area (Å²) in [5, 5.41) is 0. The van der Waals surface area contributed by atoms with Gasteiger partial charge >= 0.3 is 41.3 Å². The van der Waals surface area contributed by atoms with Gasteiger partial charge in [-0.1, -0.05) is 78.5 Å². The monoisotopic (exact) mass is 768 g/mol. The summed E-state index contributed by atoms with van der Waals surface area (Å²) >= 11 is 1.55. The van der Waals surface area contributed by atoms with Gasteiger partial charge < -0.3 is 24.8 Å². The Bertz CT molecular complexity index is 1720. The average Bonchev–Trinajstić information content (AvgIpc) is 3.60. The molecular formula is C46H56Cl2Zr-2. The van der Waals surface area contributed by atoms with Crippen molar-refractivity contribution in [1.82, 2.24) is 0 Å². The Kier molecular flexibility index (Phi) is 11.0. The van der Waals surface area contributed by atoms with Gasteiger partial charge in [-0.25, -0.2) is 11.6 Å². The van der Waals surface area contributed by atoms with E-state index in [0.29, 0.717) is 5.41 Å². The van der Waals surface area contributed by atoms with Crippen LogP contribution in [-0.4, -0.2) is 3.21 Å². The quantitative estimate of drug-likeness (QED) is 0.220. The van der Waals surface area contributed by atoms with Crippen LogP contribution < -0.4 is 24.8 Å². The number of rotatable bonds is 2. The van der Waals surface area contributed by atoms with Crippen molar-refractivity contribution < 1.29 is 49.0 Å². The zero-order chi connectivity index (χ0) is 33.6. The number of aryl methyl sites for hydroxylation is 2. The molecule has 0 radical (unpaired) electrons. The van der Waals surface area contributed by atoms with Crippen LogP contribution in [0.25, 0.3) is 22.3 Å². The molecule has 4 bridgehead atoms. The molecule has 0 spiro atoms. The van der Waals surface area contributed by atoms with E-state index in [4.69, 9.17) is 0 Å². The largest absolute Gasteiger partial charge is 1.00 e. The van der Waals surface area contributed by atoms with Crippen molar-refractivity contribution in [3.8, 4) is 11.1 Å². The first kappa shape index (κ1) is 38.8. The standard InChI is InChI=1S/C25H25.C18H25.C3H6.2ClH.Zr/c1-14-12-24(3,4)22-8-16-7-17-9-23-19(15(2)13-25(23,5)6)11-21(17)20(16)10-18(14)22;1-12-3-13(2)17(4-12)11-18-8-14-5-15(9-18)7-16(6-14)10-18;1-3-2;;;/h8-12H,7H2,1-6H3;3-4,14-16H,5-11H2,1-2H3;1-2H3;2*1H;/q2*-1;;;;+2/p-2. The first-order chi connectivity index (χ1) is 22.0. The van der Waals surface area contributed by atoms with Crippen LogP contribution in [0.5, 0.6) is 0 Å². The summed E-state index contributed by atoms with van der Waals surface area (Å²) in [6.45, 7) is 22.5. The van der Waals surface area contributed by atoms with Crippen LogP contribution in [0.3, 0.4) is 0 Å². The molecule has 10 rings (SSSR count). The molecule has 3 aromatic rings. The Morgan fingerprint density at radius 1 is 0.755 bits per heavy atom. The normalized spacial score (nSPS) is 26.3. The Morgan fingerprint density at radius 2 is 1.27 bits per heavy atom. The van der Waals surface area contributed by atoms with Gasteiger partial charge in [-0.3, -0.25) is 6.08 Å². The van der Waals surface area contributed by atoms with Gasteiger partial charge in [-0.15, -0.1) is 11.6 Å². The van der Waals surface area contributed by atoms with Crippen LogP contribution in [0, 0.1) is 43.1 Å². The third-order valence-electron chi connectivity index (χ3n) is 12.5. The van der Waals surface area contributed by atoms with E-state index in [1.165, 1.54) is 70.8 Å². The molecule has 0 unspecified atom stereocenters. The van der Waals surface area contributed by atoms with Gasteiger partial charge in [0.1, 0.15) is 0 Å². The summed E-state index contributed by atoms with van der Waals surface area (Å²) in [6.07, 6.45) is 17.9. The van der Waals surface area contributed by atoms with E-state index in [-0.39, 0.29) is 35.6 Å². The van der Waals surface area contributed by atoms with Gasteiger partial charge in [0.25, 0.3) is 0 Å². The zero-order valence-corrected chi connectivity index (χ0v) is 35.7. The minimum atomic E-state index is 0. The van der Waals surface area contributed by atoms with E-state index in [0.717, 1.165) is 24.2 Å². The molecule has 0 heterocycles. The fraction of sp³-hybridized carbons (Fsp3) is 0.522. The molecule has 0 saturated heterocycles. The Balaban J connectivity index is 0.000000172. The number of halogens is 2. The van der Waals surface area contributed by atoms with Crippen molar-refractivity contribution in [1.29, 1.82) is 0 Å². The summed E-state index contributed by atoms with van der Waals surface area (Å²) in [5.41, 5.74) is 19.9. The van der Waals surface area contributed by atoms with E-state index in [2.05, 4.69) is 118 Å². The molecule has 49 heavy (non-hydrogen) atoms. The molecule has 4 fully saturated rings. The second kappa shape index (κ2) is 13.9. The summed E-state index contributed by atoms with van der Waals surface area (Å²) in [7, 11) is 0. The topological polar surface area (TPSA) is 0 Å². The van der Waals surface area contributed by atoms with Gasteiger partial charge in [0.15, 0.2) is 0 Å². The van der Waals surface area contributed by atoms with Crippen LogP contribution >= 0.6 is 0 Å². The van der Waals surface area contributed by atoms with Crippen molar-refractivity contribution in [3.63, 3.8) is 0 Å². The summed E-state index contributed by atoms with van der Waals surface area (Å²) < 4.78 is 1.51. The summed E-state index contributed by atoms with van der Waals surface area (Å²) in [4.78, 5) is 0. The number of fused-ring (bicyclic) bond motifs is 5. The minimum absolute atomic E-state index is 0. The molecule has 0 N–H and O–H groups in total. The second-order valence-corrected chi connectivity index (χ2v) is 20.5. The third kappa shape index (κ3) is 7.31. The van der Waals surface area contributed by atoms with Gasteiger partial charge in [0.05, 0.1) is 0 Å². The van der Waals surface area contributed by atoms with E-state index in [9.17, 15) is 0 Å². The zero-order valence-electron chi connectivity index (χ0n) is 31.7. The van der Waals surface area contributed by atoms with Crippen molar-refractivity contribution in [3.05, 3.63) is 98.6 Å². The maximum atomic E-state index is 3.65. The summed E-state index contributed by atoms with van der Waals surface area (Å²) in [5.74, 6) is 3.27. The predicted molar refractivity (Wildman–Crippen MR) is 199 cm³/mol. The first-order valence-corrected chi connectivity index (χ1v) is 19.7. The molecule has 3 heteroatoms.